The molecule has 1 aromatic carbocycles. The van der Waals surface area contributed by atoms with Crippen LogP contribution in [-0.2, 0) is 11.8 Å². The molecule has 4 heteroatoms. The summed E-state index contributed by atoms with van der Waals surface area (Å²) in [7, 11) is 0. The zero-order chi connectivity index (χ0) is 14.0. The van der Waals surface area contributed by atoms with Gasteiger partial charge < -0.3 is 0 Å². The zero-order valence-corrected chi connectivity index (χ0v) is 11.8. The van der Waals surface area contributed by atoms with E-state index in [2.05, 4.69) is 11.9 Å². The predicted molar refractivity (Wildman–Crippen MR) is 74.8 cm³/mol. The number of pyridine rings is 1. The highest BCUT2D eigenvalue weighted by Crippen LogP contribution is 2.34. The van der Waals surface area contributed by atoms with Gasteiger partial charge in [-0.3, -0.25) is 0 Å². The van der Waals surface area contributed by atoms with Crippen molar-refractivity contribution in [2.75, 3.05) is 0 Å². The SMILES string of the molecule is CCCCc1cc(C(F)(F)Cl)nc2ccc(C)cc12. The molecule has 0 atom stereocenters. The van der Waals surface area contributed by atoms with Crippen LogP contribution in [0.5, 0.6) is 0 Å². The van der Waals surface area contributed by atoms with Crippen molar-refractivity contribution >= 4 is 22.5 Å². The number of alkyl halides is 3. The third-order valence-electron chi connectivity index (χ3n) is 3.14. The Labute approximate surface area is 116 Å². The summed E-state index contributed by atoms with van der Waals surface area (Å²) in [5, 5.41) is -2.47. The second-order valence-electron chi connectivity index (χ2n) is 4.79. The number of fused-ring (bicyclic) bond motifs is 1. The molecule has 0 saturated heterocycles. The number of rotatable bonds is 4. The molecule has 19 heavy (non-hydrogen) atoms. The summed E-state index contributed by atoms with van der Waals surface area (Å²) in [5.74, 6) is 0. The number of aromatic nitrogens is 1. The van der Waals surface area contributed by atoms with E-state index in [1.807, 2.05) is 19.1 Å². The molecule has 2 aromatic rings. The average molecular weight is 284 g/mol. The largest absolute Gasteiger partial charge is 0.364 e. The fourth-order valence-electron chi connectivity index (χ4n) is 2.13. The van der Waals surface area contributed by atoms with Gasteiger partial charge in [-0.05, 0) is 55.1 Å². The topological polar surface area (TPSA) is 12.9 Å². The highest BCUT2D eigenvalue weighted by Gasteiger charge is 2.30. The molecular formula is C15H16ClF2N. The van der Waals surface area contributed by atoms with Crippen LogP contribution in [0.1, 0.15) is 36.6 Å². The molecule has 1 nitrogen and oxygen atoms in total. The first-order chi connectivity index (χ1) is 8.91. The number of halogens is 3. The molecule has 0 radical (unpaired) electrons. The molecule has 0 aliphatic rings. The number of nitrogens with zero attached hydrogens (tertiary/aromatic N) is 1. The standard InChI is InChI=1S/C15H16ClF2N/c1-3-4-5-11-9-14(15(16,17)18)19-13-7-6-10(2)8-12(11)13/h6-9H,3-5H2,1-2H3. The molecule has 1 aromatic heterocycles. The Kier molecular flexibility index (Phi) is 4.04. The van der Waals surface area contributed by atoms with Crippen LogP contribution in [0.3, 0.4) is 0 Å². The van der Waals surface area contributed by atoms with E-state index in [1.54, 1.807) is 6.07 Å². The maximum atomic E-state index is 13.3. The molecule has 2 rings (SSSR count). The minimum atomic E-state index is -3.42. The number of unbranched alkanes of at least 4 members (excludes halogenated alkanes) is 1. The van der Waals surface area contributed by atoms with Gasteiger partial charge in [0.15, 0.2) is 0 Å². The molecule has 1 heterocycles. The van der Waals surface area contributed by atoms with Crippen molar-refractivity contribution in [2.45, 2.75) is 38.5 Å². The van der Waals surface area contributed by atoms with Gasteiger partial charge in [-0.15, -0.1) is 0 Å². The summed E-state index contributed by atoms with van der Waals surface area (Å²) in [6.45, 7) is 4.05. The summed E-state index contributed by atoms with van der Waals surface area (Å²) in [6, 6.07) is 7.06. The van der Waals surface area contributed by atoms with Crippen LogP contribution in [0, 0.1) is 6.92 Å². The van der Waals surface area contributed by atoms with Gasteiger partial charge in [-0.1, -0.05) is 25.0 Å². The van der Waals surface area contributed by atoms with Crippen molar-refractivity contribution in [3.63, 3.8) is 0 Å². The third-order valence-corrected chi connectivity index (χ3v) is 3.33. The van der Waals surface area contributed by atoms with Gasteiger partial charge in [-0.2, -0.15) is 8.78 Å². The van der Waals surface area contributed by atoms with E-state index in [4.69, 9.17) is 11.6 Å². The van der Waals surface area contributed by atoms with Crippen LogP contribution in [0.25, 0.3) is 10.9 Å². The quantitative estimate of drug-likeness (QED) is 0.705. The van der Waals surface area contributed by atoms with Crippen molar-refractivity contribution < 1.29 is 8.78 Å². The molecule has 0 saturated carbocycles. The Morgan fingerprint density at radius 3 is 2.63 bits per heavy atom. The molecule has 0 aliphatic carbocycles. The number of hydrogen-bond donors (Lipinski definition) is 0. The molecule has 0 aliphatic heterocycles. The van der Waals surface area contributed by atoms with Crippen LogP contribution in [0.15, 0.2) is 24.3 Å². The third kappa shape index (κ3) is 3.21. The van der Waals surface area contributed by atoms with Crippen LogP contribution in [0.2, 0.25) is 0 Å². The molecule has 102 valence electrons. The lowest BCUT2D eigenvalue weighted by molar-refractivity contribution is 0.0903. The van der Waals surface area contributed by atoms with E-state index < -0.39 is 5.38 Å². The second-order valence-corrected chi connectivity index (χ2v) is 5.26. The van der Waals surface area contributed by atoms with Gasteiger partial charge in [0, 0.05) is 5.39 Å². The van der Waals surface area contributed by atoms with Gasteiger partial charge in [0.25, 0.3) is 0 Å². The monoisotopic (exact) mass is 283 g/mol. The highest BCUT2D eigenvalue weighted by atomic mass is 35.5. The van der Waals surface area contributed by atoms with Crippen LogP contribution >= 0.6 is 11.6 Å². The lowest BCUT2D eigenvalue weighted by Gasteiger charge is -2.13. The van der Waals surface area contributed by atoms with Crippen molar-refractivity contribution in [1.82, 2.24) is 4.98 Å². The minimum absolute atomic E-state index is 0.364. The molecule has 0 spiro atoms. The number of aryl methyl sites for hydroxylation is 2. The summed E-state index contributed by atoms with van der Waals surface area (Å²) in [6.07, 6.45) is 2.74. The fourth-order valence-corrected chi connectivity index (χ4v) is 2.23. The Morgan fingerprint density at radius 1 is 1.26 bits per heavy atom. The molecule has 0 fully saturated rings. The Balaban J connectivity index is 2.62. The van der Waals surface area contributed by atoms with Crippen molar-refractivity contribution in [3.8, 4) is 0 Å². The Bertz CT molecular complexity index is 590. The maximum absolute atomic E-state index is 13.3. The minimum Gasteiger partial charge on any atom is -0.245 e. The predicted octanol–water partition coefficient (Wildman–Crippen LogP) is 5.17. The van der Waals surface area contributed by atoms with Crippen LogP contribution in [-0.4, -0.2) is 4.98 Å². The Morgan fingerprint density at radius 2 is 2.00 bits per heavy atom. The van der Waals surface area contributed by atoms with E-state index in [1.165, 1.54) is 6.07 Å². The molecule has 0 amide bonds. The van der Waals surface area contributed by atoms with Gasteiger partial charge in [0.1, 0.15) is 5.69 Å². The maximum Gasteiger partial charge on any atom is 0.364 e. The van der Waals surface area contributed by atoms with Gasteiger partial charge >= 0.3 is 5.38 Å². The molecule has 0 unspecified atom stereocenters. The van der Waals surface area contributed by atoms with E-state index in [0.29, 0.717) is 5.52 Å². The van der Waals surface area contributed by atoms with Crippen LogP contribution in [0.4, 0.5) is 8.78 Å². The molecular weight excluding hydrogens is 268 g/mol. The Hall–Kier alpha value is -1.22. The molecule has 0 bridgehead atoms. The number of benzene rings is 1. The van der Waals surface area contributed by atoms with E-state index in [0.717, 1.165) is 35.8 Å². The van der Waals surface area contributed by atoms with Crippen molar-refractivity contribution in [2.24, 2.45) is 0 Å². The summed E-state index contributed by atoms with van der Waals surface area (Å²) < 4.78 is 26.5. The smallest absolute Gasteiger partial charge is 0.245 e. The first-order valence-corrected chi connectivity index (χ1v) is 6.77. The van der Waals surface area contributed by atoms with E-state index in [-0.39, 0.29) is 5.69 Å². The summed E-state index contributed by atoms with van der Waals surface area (Å²) in [5.41, 5.74) is 2.20. The van der Waals surface area contributed by atoms with Crippen molar-refractivity contribution in [3.05, 3.63) is 41.1 Å². The number of hydrogen-bond acceptors (Lipinski definition) is 1. The lowest BCUT2D eigenvalue weighted by Crippen LogP contribution is -2.08. The van der Waals surface area contributed by atoms with Crippen molar-refractivity contribution in [1.29, 1.82) is 0 Å². The first kappa shape index (κ1) is 14.2. The average Bonchev–Trinajstić information content (AvgIpc) is 2.34. The second kappa shape index (κ2) is 5.41. The van der Waals surface area contributed by atoms with Gasteiger partial charge in [-0.25, -0.2) is 4.98 Å². The highest BCUT2D eigenvalue weighted by molar-refractivity contribution is 6.21. The van der Waals surface area contributed by atoms with Gasteiger partial charge in [0.2, 0.25) is 0 Å². The molecule has 0 N–H and O–H groups in total. The lowest BCUT2D eigenvalue weighted by atomic mass is 10.0. The summed E-state index contributed by atoms with van der Waals surface area (Å²) >= 11 is 5.10. The van der Waals surface area contributed by atoms with E-state index >= 15 is 0 Å². The van der Waals surface area contributed by atoms with Crippen LogP contribution < -0.4 is 0 Å². The zero-order valence-electron chi connectivity index (χ0n) is 11.0. The first-order valence-electron chi connectivity index (χ1n) is 6.39. The van der Waals surface area contributed by atoms with Gasteiger partial charge in [0.05, 0.1) is 5.52 Å². The fraction of sp³-hybridized carbons (Fsp3) is 0.400. The normalized spacial score (nSPS) is 12.1. The van der Waals surface area contributed by atoms with E-state index in [9.17, 15) is 8.78 Å². The summed E-state index contributed by atoms with van der Waals surface area (Å²) in [4.78, 5) is 3.97.